The molecule has 1 radical (unpaired) electrons. The number of hydrogen-bond donors (Lipinski definition) is 1. The van der Waals surface area contributed by atoms with Crippen LogP contribution in [0.2, 0.25) is 0 Å². The van der Waals surface area contributed by atoms with Crippen LogP contribution < -0.4 is 5.32 Å². The van der Waals surface area contributed by atoms with Crippen LogP contribution in [0.1, 0.15) is 31.7 Å². The molecule has 14 heavy (non-hydrogen) atoms. The van der Waals surface area contributed by atoms with E-state index in [1.54, 1.807) is 5.92 Å². The van der Waals surface area contributed by atoms with Crippen molar-refractivity contribution in [2.45, 2.75) is 38.8 Å². The van der Waals surface area contributed by atoms with Gasteiger partial charge in [-0.15, -0.1) is 0 Å². The first-order chi connectivity index (χ1) is 6.90. The summed E-state index contributed by atoms with van der Waals surface area (Å²) in [5.74, 6) is 1.71. The maximum Gasteiger partial charge on any atom is 0.0208 e. The first-order valence-corrected chi connectivity index (χ1v) is 5.52. The molecule has 0 aliphatic heterocycles. The van der Waals surface area contributed by atoms with Crippen molar-refractivity contribution >= 4 is 0 Å². The van der Waals surface area contributed by atoms with Crippen LogP contribution in [0.3, 0.4) is 0 Å². The van der Waals surface area contributed by atoms with E-state index < -0.39 is 0 Å². The maximum atomic E-state index is 3.57. The summed E-state index contributed by atoms with van der Waals surface area (Å²) >= 11 is 0. The first-order valence-electron chi connectivity index (χ1n) is 5.52. The third kappa shape index (κ3) is 2.58. The second-order valence-electron chi connectivity index (χ2n) is 4.03. The lowest BCUT2D eigenvalue weighted by Crippen LogP contribution is -2.16. The van der Waals surface area contributed by atoms with Crippen LogP contribution in [-0.4, -0.2) is 6.04 Å². The molecule has 0 amide bonds. The quantitative estimate of drug-likeness (QED) is 0.749. The molecule has 1 saturated carbocycles. The van der Waals surface area contributed by atoms with Crippen molar-refractivity contribution < 1.29 is 0 Å². The molecule has 1 atom stereocenters. The highest BCUT2D eigenvalue weighted by atomic mass is 15.0. The SMILES string of the molecule is CCC[C]1CC1NCc1ccccc1. The van der Waals surface area contributed by atoms with Gasteiger partial charge in [-0.2, -0.15) is 0 Å². The zero-order chi connectivity index (χ0) is 9.80. The van der Waals surface area contributed by atoms with Crippen molar-refractivity contribution in [3.63, 3.8) is 0 Å². The van der Waals surface area contributed by atoms with E-state index in [9.17, 15) is 0 Å². The number of benzene rings is 1. The molecule has 1 N–H and O–H groups in total. The lowest BCUT2D eigenvalue weighted by molar-refractivity contribution is 0.680. The third-order valence-corrected chi connectivity index (χ3v) is 2.77. The van der Waals surface area contributed by atoms with Gasteiger partial charge in [0.2, 0.25) is 0 Å². The van der Waals surface area contributed by atoms with Gasteiger partial charge in [-0.3, -0.25) is 0 Å². The second kappa shape index (κ2) is 4.61. The van der Waals surface area contributed by atoms with Crippen LogP contribution in [0.25, 0.3) is 0 Å². The molecule has 1 heteroatoms. The van der Waals surface area contributed by atoms with Crippen molar-refractivity contribution in [3.05, 3.63) is 41.8 Å². The summed E-state index contributed by atoms with van der Waals surface area (Å²) in [4.78, 5) is 0. The van der Waals surface area contributed by atoms with E-state index in [2.05, 4.69) is 42.6 Å². The Bertz CT molecular complexity index is 268. The average molecular weight is 188 g/mol. The normalized spacial score (nSPS) is 21.1. The number of rotatable bonds is 5. The van der Waals surface area contributed by atoms with Gasteiger partial charge in [-0.25, -0.2) is 0 Å². The lowest BCUT2D eigenvalue weighted by Gasteiger charge is -2.03. The maximum absolute atomic E-state index is 3.57. The van der Waals surface area contributed by atoms with Crippen molar-refractivity contribution in [2.24, 2.45) is 0 Å². The molecule has 1 aromatic rings. The minimum atomic E-state index is 0.718. The summed E-state index contributed by atoms with van der Waals surface area (Å²) in [6, 6.07) is 11.3. The van der Waals surface area contributed by atoms with Crippen molar-refractivity contribution in [1.29, 1.82) is 0 Å². The number of hydrogen-bond acceptors (Lipinski definition) is 1. The molecule has 1 fully saturated rings. The highest BCUT2D eigenvalue weighted by Crippen LogP contribution is 2.37. The molecule has 1 aliphatic rings. The summed E-state index contributed by atoms with van der Waals surface area (Å²) < 4.78 is 0. The van der Waals surface area contributed by atoms with Gasteiger partial charge in [0, 0.05) is 12.6 Å². The van der Waals surface area contributed by atoms with Crippen molar-refractivity contribution in [1.82, 2.24) is 5.32 Å². The van der Waals surface area contributed by atoms with Gasteiger partial charge in [0.25, 0.3) is 0 Å². The van der Waals surface area contributed by atoms with Gasteiger partial charge in [0.05, 0.1) is 0 Å². The van der Waals surface area contributed by atoms with E-state index in [1.807, 2.05) is 0 Å². The summed E-state index contributed by atoms with van der Waals surface area (Å²) in [6.45, 7) is 3.26. The van der Waals surface area contributed by atoms with E-state index in [-0.39, 0.29) is 0 Å². The Balaban J connectivity index is 1.70. The monoisotopic (exact) mass is 188 g/mol. The van der Waals surface area contributed by atoms with Gasteiger partial charge in [0.1, 0.15) is 0 Å². The molecule has 0 spiro atoms. The highest BCUT2D eigenvalue weighted by Gasteiger charge is 2.35. The zero-order valence-electron chi connectivity index (χ0n) is 8.79. The zero-order valence-corrected chi connectivity index (χ0v) is 8.79. The molecule has 75 valence electrons. The van der Waals surface area contributed by atoms with E-state index >= 15 is 0 Å². The van der Waals surface area contributed by atoms with Gasteiger partial charge in [-0.1, -0.05) is 43.7 Å². The summed E-state index contributed by atoms with van der Waals surface area (Å²) in [6.07, 6.45) is 3.91. The van der Waals surface area contributed by atoms with Crippen LogP contribution >= 0.6 is 0 Å². The fourth-order valence-corrected chi connectivity index (χ4v) is 1.85. The van der Waals surface area contributed by atoms with Crippen LogP contribution in [0.4, 0.5) is 0 Å². The average Bonchev–Trinajstić information content (AvgIpc) is 2.96. The number of nitrogens with one attached hydrogen (secondary N) is 1. The minimum absolute atomic E-state index is 0.718. The Hall–Kier alpha value is -0.820. The summed E-state index contributed by atoms with van der Waals surface area (Å²) in [5.41, 5.74) is 1.38. The molecule has 0 heterocycles. The molecule has 1 nitrogen and oxygen atoms in total. The molecule has 1 unspecified atom stereocenters. The Morgan fingerprint density at radius 3 is 2.79 bits per heavy atom. The largest absolute Gasteiger partial charge is 0.309 e. The molecule has 1 aromatic carbocycles. The fourth-order valence-electron chi connectivity index (χ4n) is 1.85. The van der Waals surface area contributed by atoms with Crippen LogP contribution in [-0.2, 0) is 6.54 Å². The van der Waals surface area contributed by atoms with Crippen LogP contribution in [0.15, 0.2) is 30.3 Å². The molecule has 0 saturated heterocycles. The highest BCUT2D eigenvalue weighted by molar-refractivity contribution is 5.21. The van der Waals surface area contributed by atoms with Crippen molar-refractivity contribution in [3.8, 4) is 0 Å². The van der Waals surface area contributed by atoms with Crippen LogP contribution in [0.5, 0.6) is 0 Å². The third-order valence-electron chi connectivity index (χ3n) is 2.77. The van der Waals surface area contributed by atoms with E-state index in [4.69, 9.17) is 0 Å². The Kier molecular flexibility index (Phi) is 3.20. The topological polar surface area (TPSA) is 12.0 Å². The van der Waals surface area contributed by atoms with E-state index in [1.165, 1.54) is 24.8 Å². The van der Waals surface area contributed by atoms with Gasteiger partial charge in [-0.05, 0) is 24.3 Å². The summed E-state index contributed by atoms with van der Waals surface area (Å²) in [7, 11) is 0. The fraction of sp³-hybridized carbons (Fsp3) is 0.462. The lowest BCUT2D eigenvalue weighted by atomic mass is 10.2. The second-order valence-corrected chi connectivity index (χ2v) is 4.03. The van der Waals surface area contributed by atoms with E-state index in [0.29, 0.717) is 0 Å². The standard InChI is InChI=1S/C13H18N/c1-2-6-12-9-13(12)14-10-11-7-4-3-5-8-11/h3-5,7-8,13-14H,2,6,9-10H2,1H3. The predicted octanol–water partition coefficient (Wildman–Crippen LogP) is 2.92. The molecule has 0 aromatic heterocycles. The van der Waals surface area contributed by atoms with Crippen LogP contribution in [0, 0.1) is 5.92 Å². The van der Waals surface area contributed by atoms with E-state index in [0.717, 1.165) is 12.6 Å². The Labute approximate surface area is 86.5 Å². The van der Waals surface area contributed by atoms with Gasteiger partial charge >= 0.3 is 0 Å². The summed E-state index contributed by atoms with van der Waals surface area (Å²) in [5, 5.41) is 3.57. The Morgan fingerprint density at radius 2 is 2.07 bits per heavy atom. The predicted molar refractivity (Wildman–Crippen MR) is 59.8 cm³/mol. The van der Waals surface area contributed by atoms with Crippen molar-refractivity contribution in [2.75, 3.05) is 0 Å². The van der Waals surface area contributed by atoms with Gasteiger partial charge in [0.15, 0.2) is 0 Å². The smallest absolute Gasteiger partial charge is 0.0208 e. The molecule has 2 rings (SSSR count). The first kappa shape index (κ1) is 9.72. The molecule has 0 bridgehead atoms. The van der Waals surface area contributed by atoms with Gasteiger partial charge < -0.3 is 5.32 Å². The molecular weight excluding hydrogens is 170 g/mol. The molecule has 1 aliphatic carbocycles. The minimum Gasteiger partial charge on any atom is -0.309 e. The Morgan fingerprint density at radius 1 is 1.29 bits per heavy atom. The molecular formula is C13H18N.